The number of aromatic nitrogens is 1. The second kappa shape index (κ2) is 6.73. The standard InChI is InChI=1S/C21H22N2O2/c1-15-9-10-19-17(6-5-11-22-19)18(15)14-23-12-16(13-23)25-21-8-4-3-7-20(21)24-2/h3-11,16H,12-14H2,1-2H3. The van der Waals surface area contributed by atoms with Gasteiger partial charge in [-0.15, -0.1) is 0 Å². The van der Waals surface area contributed by atoms with E-state index in [1.54, 1.807) is 7.11 Å². The molecule has 1 fully saturated rings. The quantitative estimate of drug-likeness (QED) is 0.710. The number of rotatable bonds is 5. The lowest BCUT2D eigenvalue weighted by Gasteiger charge is -2.39. The van der Waals surface area contributed by atoms with Crippen molar-refractivity contribution >= 4 is 10.9 Å². The van der Waals surface area contributed by atoms with E-state index in [4.69, 9.17) is 9.47 Å². The zero-order chi connectivity index (χ0) is 17.2. The molecule has 0 atom stereocenters. The van der Waals surface area contributed by atoms with Gasteiger partial charge in [0.1, 0.15) is 6.10 Å². The van der Waals surface area contributed by atoms with E-state index < -0.39 is 0 Å². The Kier molecular flexibility index (Phi) is 4.28. The smallest absolute Gasteiger partial charge is 0.161 e. The van der Waals surface area contributed by atoms with E-state index in [0.29, 0.717) is 0 Å². The fourth-order valence-electron chi connectivity index (χ4n) is 3.38. The minimum atomic E-state index is 0.213. The lowest BCUT2D eigenvalue weighted by molar-refractivity contribution is 0.0133. The third-order valence-electron chi connectivity index (χ3n) is 4.80. The Morgan fingerprint density at radius 3 is 2.64 bits per heavy atom. The number of benzene rings is 2. The van der Waals surface area contributed by atoms with E-state index in [1.165, 1.54) is 16.5 Å². The lowest BCUT2D eigenvalue weighted by Crippen LogP contribution is -2.53. The number of aryl methyl sites for hydroxylation is 1. The number of nitrogens with zero attached hydrogens (tertiary/aromatic N) is 2. The van der Waals surface area contributed by atoms with Crippen molar-refractivity contribution in [3.63, 3.8) is 0 Å². The Bertz CT molecular complexity index is 888. The number of hydrogen-bond acceptors (Lipinski definition) is 4. The van der Waals surface area contributed by atoms with Crippen LogP contribution in [0.25, 0.3) is 10.9 Å². The Labute approximate surface area is 148 Å². The van der Waals surface area contributed by atoms with Crippen molar-refractivity contribution in [3.05, 3.63) is 65.9 Å². The van der Waals surface area contributed by atoms with Crippen molar-refractivity contribution in [2.24, 2.45) is 0 Å². The molecule has 4 nitrogen and oxygen atoms in total. The van der Waals surface area contributed by atoms with Crippen LogP contribution in [0.4, 0.5) is 0 Å². The van der Waals surface area contributed by atoms with Crippen molar-refractivity contribution < 1.29 is 9.47 Å². The summed E-state index contributed by atoms with van der Waals surface area (Å²) in [6.07, 6.45) is 2.06. The molecule has 4 heteroatoms. The Morgan fingerprint density at radius 1 is 1.04 bits per heavy atom. The first-order valence-electron chi connectivity index (χ1n) is 8.60. The third kappa shape index (κ3) is 3.17. The second-order valence-electron chi connectivity index (χ2n) is 6.52. The number of para-hydroxylation sites is 2. The van der Waals surface area contributed by atoms with Crippen molar-refractivity contribution in [2.75, 3.05) is 20.2 Å². The molecular weight excluding hydrogens is 312 g/mol. The number of likely N-dealkylation sites (tertiary alicyclic amines) is 1. The molecule has 4 rings (SSSR count). The minimum Gasteiger partial charge on any atom is -0.493 e. The maximum absolute atomic E-state index is 6.08. The first-order chi connectivity index (χ1) is 12.2. The van der Waals surface area contributed by atoms with Gasteiger partial charge in [0.25, 0.3) is 0 Å². The van der Waals surface area contributed by atoms with Crippen LogP contribution in [0, 0.1) is 6.92 Å². The molecule has 1 aromatic heterocycles. The average Bonchev–Trinajstić information content (AvgIpc) is 2.62. The summed E-state index contributed by atoms with van der Waals surface area (Å²) in [6.45, 7) is 4.95. The van der Waals surface area contributed by atoms with E-state index in [1.807, 2.05) is 36.5 Å². The van der Waals surface area contributed by atoms with Crippen molar-refractivity contribution in [3.8, 4) is 11.5 Å². The molecule has 1 aliphatic heterocycles. The van der Waals surface area contributed by atoms with Crippen LogP contribution in [0.1, 0.15) is 11.1 Å². The molecule has 0 spiro atoms. The SMILES string of the molecule is COc1ccccc1OC1CN(Cc2c(C)ccc3ncccc23)C1. The average molecular weight is 334 g/mol. The summed E-state index contributed by atoms with van der Waals surface area (Å²) in [5.74, 6) is 1.61. The summed E-state index contributed by atoms with van der Waals surface area (Å²) < 4.78 is 11.4. The lowest BCUT2D eigenvalue weighted by atomic mass is 10.0. The van der Waals surface area contributed by atoms with Gasteiger partial charge in [0.05, 0.1) is 12.6 Å². The fraction of sp³-hybridized carbons (Fsp3) is 0.286. The molecule has 0 amide bonds. The molecule has 2 aromatic carbocycles. The van der Waals surface area contributed by atoms with Gasteiger partial charge < -0.3 is 9.47 Å². The second-order valence-corrected chi connectivity index (χ2v) is 6.52. The van der Waals surface area contributed by atoms with E-state index in [0.717, 1.165) is 36.6 Å². The number of hydrogen-bond donors (Lipinski definition) is 0. The molecular formula is C21H22N2O2. The Balaban J connectivity index is 1.43. The van der Waals surface area contributed by atoms with Crippen LogP contribution in [0.15, 0.2) is 54.7 Å². The molecule has 25 heavy (non-hydrogen) atoms. The Hall–Kier alpha value is -2.59. The van der Waals surface area contributed by atoms with E-state index >= 15 is 0 Å². The summed E-state index contributed by atoms with van der Waals surface area (Å²) in [5, 5.41) is 1.25. The largest absolute Gasteiger partial charge is 0.493 e. The van der Waals surface area contributed by atoms with Gasteiger partial charge in [0.2, 0.25) is 0 Å². The molecule has 0 aliphatic carbocycles. The first-order valence-corrected chi connectivity index (χ1v) is 8.60. The highest BCUT2D eigenvalue weighted by Gasteiger charge is 2.29. The normalized spacial score (nSPS) is 15.1. The van der Waals surface area contributed by atoms with E-state index in [9.17, 15) is 0 Å². The first kappa shape index (κ1) is 15.9. The van der Waals surface area contributed by atoms with Gasteiger partial charge in [-0.1, -0.05) is 24.3 Å². The highest BCUT2D eigenvalue weighted by atomic mass is 16.5. The van der Waals surface area contributed by atoms with Gasteiger partial charge in [-0.3, -0.25) is 9.88 Å². The third-order valence-corrected chi connectivity index (χ3v) is 4.80. The van der Waals surface area contributed by atoms with Gasteiger partial charge in [-0.05, 0) is 42.3 Å². The highest BCUT2D eigenvalue weighted by molar-refractivity contribution is 5.83. The van der Waals surface area contributed by atoms with Gasteiger partial charge in [-0.25, -0.2) is 0 Å². The summed E-state index contributed by atoms with van der Waals surface area (Å²) in [4.78, 5) is 6.88. The maximum Gasteiger partial charge on any atom is 0.161 e. The Morgan fingerprint density at radius 2 is 1.84 bits per heavy atom. The summed E-state index contributed by atoms with van der Waals surface area (Å²) in [6, 6.07) is 16.2. The van der Waals surface area contributed by atoms with Gasteiger partial charge in [-0.2, -0.15) is 0 Å². The number of ether oxygens (including phenoxy) is 2. The topological polar surface area (TPSA) is 34.6 Å². The van der Waals surface area contributed by atoms with Crippen molar-refractivity contribution in [1.29, 1.82) is 0 Å². The number of pyridine rings is 1. The van der Waals surface area contributed by atoms with E-state index in [2.05, 4.69) is 35.0 Å². The molecule has 0 N–H and O–H groups in total. The van der Waals surface area contributed by atoms with Gasteiger partial charge >= 0.3 is 0 Å². The summed E-state index contributed by atoms with van der Waals surface area (Å²) >= 11 is 0. The predicted molar refractivity (Wildman–Crippen MR) is 99.2 cm³/mol. The maximum atomic E-state index is 6.08. The van der Waals surface area contributed by atoms with Crippen LogP contribution in [0.3, 0.4) is 0 Å². The molecule has 1 saturated heterocycles. The summed E-state index contributed by atoms with van der Waals surface area (Å²) in [5.41, 5.74) is 3.74. The molecule has 0 radical (unpaired) electrons. The number of fused-ring (bicyclic) bond motifs is 1. The van der Waals surface area contributed by atoms with Crippen LogP contribution in [-0.4, -0.2) is 36.2 Å². The van der Waals surface area contributed by atoms with Crippen LogP contribution >= 0.6 is 0 Å². The van der Waals surface area contributed by atoms with Crippen molar-refractivity contribution in [1.82, 2.24) is 9.88 Å². The molecule has 2 heterocycles. The minimum absolute atomic E-state index is 0.213. The summed E-state index contributed by atoms with van der Waals surface area (Å²) in [7, 11) is 1.67. The molecule has 0 saturated carbocycles. The van der Waals surface area contributed by atoms with Gasteiger partial charge in [0.15, 0.2) is 11.5 Å². The van der Waals surface area contributed by atoms with Crippen molar-refractivity contribution in [2.45, 2.75) is 19.6 Å². The molecule has 1 aliphatic rings. The molecule has 3 aromatic rings. The zero-order valence-corrected chi connectivity index (χ0v) is 14.6. The zero-order valence-electron chi connectivity index (χ0n) is 14.6. The van der Waals surface area contributed by atoms with Gasteiger partial charge in [0, 0.05) is 31.2 Å². The van der Waals surface area contributed by atoms with Crippen LogP contribution < -0.4 is 9.47 Å². The monoisotopic (exact) mass is 334 g/mol. The highest BCUT2D eigenvalue weighted by Crippen LogP contribution is 2.30. The van der Waals surface area contributed by atoms with Crippen LogP contribution in [0.5, 0.6) is 11.5 Å². The van der Waals surface area contributed by atoms with E-state index in [-0.39, 0.29) is 6.10 Å². The molecule has 128 valence electrons. The van der Waals surface area contributed by atoms with Crippen LogP contribution in [-0.2, 0) is 6.54 Å². The number of methoxy groups -OCH3 is 1. The molecule has 0 unspecified atom stereocenters. The molecule has 0 bridgehead atoms. The predicted octanol–water partition coefficient (Wildman–Crippen LogP) is 3.82. The van der Waals surface area contributed by atoms with Crippen LogP contribution in [0.2, 0.25) is 0 Å². The fourth-order valence-corrected chi connectivity index (χ4v) is 3.38.